The Morgan fingerprint density at radius 3 is 2.34 bits per heavy atom. The minimum Gasteiger partial charge on any atom is -0.325 e. The molecule has 4 rings (SSSR count). The molecule has 146 valence electrons. The molecule has 0 atom stereocenters. The lowest BCUT2D eigenvalue weighted by Crippen LogP contribution is -2.27. The van der Waals surface area contributed by atoms with Crippen molar-refractivity contribution >= 4 is 65.0 Å². The van der Waals surface area contributed by atoms with Crippen LogP contribution in [0.4, 0.5) is 5.69 Å². The highest BCUT2D eigenvalue weighted by atomic mass is 79.9. The van der Waals surface area contributed by atoms with Gasteiger partial charge >= 0.3 is 0 Å². The molecule has 0 unspecified atom stereocenters. The lowest BCUT2D eigenvalue weighted by Gasteiger charge is -2.08. The Kier molecular flexibility index (Phi) is 5.67. The fourth-order valence-corrected chi connectivity index (χ4v) is 4.63. The molecule has 0 saturated heterocycles. The number of aromatic nitrogens is 2. The van der Waals surface area contributed by atoms with Crippen molar-refractivity contribution in [1.82, 2.24) is 9.55 Å². The maximum Gasteiger partial charge on any atom is 0.263 e. The van der Waals surface area contributed by atoms with Crippen LogP contribution in [0.3, 0.4) is 0 Å². The third-order valence-corrected chi connectivity index (χ3v) is 6.50. The van der Waals surface area contributed by atoms with E-state index in [0.29, 0.717) is 15.9 Å². The molecule has 0 radical (unpaired) electrons. The van der Waals surface area contributed by atoms with E-state index >= 15 is 0 Å². The van der Waals surface area contributed by atoms with Gasteiger partial charge in [0, 0.05) is 25.1 Å². The third-order valence-electron chi connectivity index (χ3n) is 4.43. The predicted molar refractivity (Wildman–Crippen MR) is 125 cm³/mol. The van der Waals surface area contributed by atoms with Gasteiger partial charge < -0.3 is 5.32 Å². The van der Waals surface area contributed by atoms with Crippen molar-refractivity contribution in [2.24, 2.45) is 0 Å². The Bertz CT molecular complexity index is 1260. The van der Waals surface area contributed by atoms with Gasteiger partial charge in [0.2, 0.25) is 5.91 Å². The Balaban J connectivity index is 1.69. The van der Waals surface area contributed by atoms with Gasteiger partial charge in [-0.1, -0.05) is 44.0 Å². The highest BCUT2D eigenvalue weighted by Gasteiger charge is 2.18. The van der Waals surface area contributed by atoms with Gasteiger partial charge in [-0.15, -0.1) is 11.3 Å². The summed E-state index contributed by atoms with van der Waals surface area (Å²) >= 11 is 8.28. The summed E-state index contributed by atoms with van der Waals surface area (Å²) in [6.07, 6.45) is 1.44. The largest absolute Gasteiger partial charge is 0.325 e. The third kappa shape index (κ3) is 4.19. The average molecular weight is 533 g/mol. The lowest BCUT2D eigenvalue weighted by atomic mass is 10.0. The van der Waals surface area contributed by atoms with E-state index in [1.165, 1.54) is 22.2 Å². The van der Waals surface area contributed by atoms with Gasteiger partial charge in [-0.25, -0.2) is 4.98 Å². The molecule has 2 aromatic heterocycles. The van der Waals surface area contributed by atoms with Gasteiger partial charge in [-0.3, -0.25) is 14.2 Å². The minimum absolute atomic E-state index is 0.105. The minimum atomic E-state index is -0.285. The van der Waals surface area contributed by atoms with Gasteiger partial charge in [-0.05, 0) is 48.9 Å². The Morgan fingerprint density at radius 2 is 1.69 bits per heavy atom. The maximum atomic E-state index is 13.2. The molecule has 0 fully saturated rings. The van der Waals surface area contributed by atoms with Crippen LogP contribution >= 0.6 is 43.2 Å². The number of carbonyl (C=O) groups excluding carboxylic acids is 1. The molecule has 1 N–H and O–H groups in total. The number of fused-ring (bicyclic) bond motifs is 1. The summed E-state index contributed by atoms with van der Waals surface area (Å²) in [6, 6.07) is 15.1. The SMILES string of the molecule is Cc1sc2ncn(CC(=O)Nc3ccc(Br)cc3)c(=O)c2c1-c1ccc(Br)cc1. The predicted octanol–water partition coefficient (Wildman–Crippen LogP) is 5.60. The molecule has 0 bridgehead atoms. The number of nitrogens with one attached hydrogen (secondary N) is 1. The van der Waals surface area contributed by atoms with Crippen LogP contribution in [0.15, 0.2) is 68.6 Å². The summed E-state index contributed by atoms with van der Waals surface area (Å²) in [4.78, 5) is 31.7. The molecular weight excluding hydrogens is 518 g/mol. The molecule has 0 aliphatic carbocycles. The highest BCUT2D eigenvalue weighted by Crippen LogP contribution is 2.35. The maximum absolute atomic E-state index is 13.2. The summed E-state index contributed by atoms with van der Waals surface area (Å²) in [5.74, 6) is -0.285. The molecule has 29 heavy (non-hydrogen) atoms. The fourth-order valence-electron chi connectivity index (χ4n) is 3.10. The first-order valence-electron chi connectivity index (χ1n) is 8.72. The van der Waals surface area contributed by atoms with Crippen LogP contribution in [-0.2, 0) is 11.3 Å². The van der Waals surface area contributed by atoms with Crippen LogP contribution in [0.2, 0.25) is 0 Å². The van der Waals surface area contributed by atoms with Crippen molar-refractivity contribution in [1.29, 1.82) is 0 Å². The van der Waals surface area contributed by atoms with E-state index in [4.69, 9.17) is 0 Å². The van der Waals surface area contributed by atoms with E-state index in [1.54, 1.807) is 12.1 Å². The number of hydrogen-bond donors (Lipinski definition) is 1. The van der Waals surface area contributed by atoms with Crippen molar-refractivity contribution in [3.05, 3.63) is 79.0 Å². The number of aryl methyl sites for hydroxylation is 1. The Morgan fingerprint density at radius 1 is 1.07 bits per heavy atom. The monoisotopic (exact) mass is 531 g/mol. The van der Waals surface area contributed by atoms with E-state index in [1.807, 2.05) is 43.3 Å². The number of hydrogen-bond acceptors (Lipinski definition) is 4. The number of benzene rings is 2. The zero-order valence-electron chi connectivity index (χ0n) is 15.3. The molecule has 2 heterocycles. The topological polar surface area (TPSA) is 64.0 Å². The number of thiophene rings is 1. The average Bonchev–Trinajstić information content (AvgIpc) is 3.03. The normalized spacial score (nSPS) is 11.0. The molecule has 2 aromatic carbocycles. The van der Waals surface area contributed by atoms with Crippen molar-refractivity contribution in [2.75, 3.05) is 5.32 Å². The van der Waals surface area contributed by atoms with Crippen LogP contribution < -0.4 is 10.9 Å². The number of anilines is 1. The molecule has 8 heteroatoms. The number of nitrogens with zero attached hydrogens (tertiary/aromatic N) is 2. The van der Waals surface area contributed by atoms with Gasteiger partial charge in [0.25, 0.3) is 5.56 Å². The molecule has 0 saturated carbocycles. The molecule has 0 aliphatic heterocycles. The molecule has 1 amide bonds. The van der Waals surface area contributed by atoms with Crippen molar-refractivity contribution in [2.45, 2.75) is 13.5 Å². The first-order chi connectivity index (χ1) is 13.9. The molecule has 0 spiro atoms. The van der Waals surface area contributed by atoms with Crippen LogP contribution in [0.25, 0.3) is 21.3 Å². The van der Waals surface area contributed by atoms with Gasteiger partial charge in [0.1, 0.15) is 11.4 Å². The second kappa shape index (κ2) is 8.22. The quantitative estimate of drug-likeness (QED) is 0.372. The summed E-state index contributed by atoms with van der Waals surface area (Å²) < 4.78 is 3.25. The molecular formula is C21H15Br2N3O2S. The number of carbonyl (C=O) groups is 1. The lowest BCUT2D eigenvalue weighted by molar-refractivity contribution is -0.116. The second-order valence-corrected chi connectivity index (χ2v) is 9.49. The van der Waals surface area contributed by atoms with E-state index < -0.39 is 0 Å². The zero-order valence-corrected chi connectivity index (χ0v) is 19.3. The summed E-state index contributed by atoms with van der Waals surface area (Å²) in [5.41, 5.74) is 2.27. The first kappa shape index (κ1) is 20.0. The first-order valence-corrected chi connectivity index (χ1v) is 11.1. The van der Waals surface area contributed by atoms with Crippen LogP contribution in [-0.4, -0.2) is 15.5 Å². The van der Waals surface area contributed by atoms with Crippen molar-refractivity contribution < 1.29 is 4.79 Å². The zero-order chi connectivity index (χ0) is 20.5. The van der Waals surface area contributed by atoms with Crippen molar-refractivity contribution in [3.63, 3.8) is 0 Å². The highest BCUT2D eigenvalue weighted by molar-refractivity contribution is 9.10. The Labute approximate surface area is 187 Å². The van der Waals surface area contributed by atoms with Gasteiger partial charge in [-0.2, -0.15) is 0 Å². The van der Waals surface area contributed by atoms with E-state index in [9.17, 15) is 9.59 Å². The van der Waals surface area contributed by atoms with E-state index in [2.05, 4.69) is 42.2 Å². The Hall–Kier alpha value is -2.29. The molecule has 0 aliphatic rings. The number of halogens is 2. The number of amides is 1. The van der Waals surface area contributed by atoms with E-state index in [0.717, 1.165) is 24.9 Å². The smallest absolute Gasteiger partial charge is 0.263 e. The van der Waals surface area contributed by atoms with Gasteiger partial charge in [0.05, 0.1) is 11.7 Å². The van der Waals surface area contributed by atoms with Gasteiger partial charge in [0.15, 0.2) is 0 Å². The summed E-state index contributed by atoms with van der Waals surface area (Å²) in [7, 11) is 0. The molecule has 5 nitrogen and oxygen atoms in total. The van der Waals surface area contributed by atoms with Crippen LogP contribution in [0.1, 0.15) is 4.88 Å². The fraction of sp³-hybridized carbons (Fsp3) is 0.0952. The number of rotatable bonds is 4. The van der Waals surface area contributed by atoms with Crippen LogP contribution in [0, 0.1) is 6.92 Å². The molecule has 4 aromatic rings. The van der Waals surface area contributed by atoms with E-state index in [-0.39, 0.29) is 18.0 Å². The van der Waals surface area contributed by atoms with Crippen molar-refractivity contribution in [3.8, 4) is 11.1 Å². The standard InChI is InChI=1S/C21H15Br2N3O2S/c1-12-18(13-2-4-14(22)5-3-13)19-20(29-12)24-11-26(21(19)28)10-17(27)25-16-8-6-15(23)7-9-16/h2-9,11H,10H2,1H3,(H,25,27). The summed E-state index contributed by atoms with van der Waals surface area (Å²) in [6.45, 7) is 1.88. The van der Waals surface area contributed by atoms with Crippen LogP contribution in [0.5, 0.6) is 0 Å². The second-order valence-electron chi connectivity index (χ2n) is 6.45. The summed E-state index contributed by atoms with van der Waals surface area (Å²) in [5, 5.41) is 3.35.